The standard InChI is InChI=1S/C13H21NO8.K/c1-3-21-13(12(19)20)5-4-8(14-7(2)16)11(22-13)10(18)9(17)6-15;/h4-5,8-11,15,17-18H,3,6H2,1-2H3,(H,14,16)(H,19,20);/q;+1/p-1/t8-,9-,10-,11-,13+;/m1./s1. The van der Waals surface area contributed by atoms with Gasteiger partial charge in [0, 0.05) is 13.5 Å². The number of ether oxygens (including phenoxy) is 2. The molecule has 0 aromatic heterocycles. The summed E-state index contributed by atoms with van der Waals surface area (Å²) in [6, 6.07) is -0.915. The van der Waals surface area contributed by atoms with Crippen molar-refractivity contribution in [2.75, 3.05) is 13.2 Å². The van der Waals surface area contributed by atoms with Gasteiger partial charge in [-0.2, -0.15) is 0 Å². The van der Waals surface area contributed by atoms with Crippen molar-refractivity contribution < 1.29 is 90.9 Å². The van der Waals surface area contributed by atoms with Crippen LogP contribution in [0.3, 0.4) is 0 Å². The van der Waals surface area contributed by atoms with Gasteiger partial charge in [0.15, 0.2) is 0 Å². The Morgan fingerprint density at radius 1 is 1.48 bits per heavy atom. The van der Waals surface area contributed by atoms with Crippen molar-refractivity contribution in [1.29, 1.82) is 0 Å². The van der Waals surface area contributed by atoms with E-state index in [1.54, 1.807) is 0 Å². The molecule has 0 aromatic carbocycles. The van der Waals surface area contributed by atoms with Crippen molar-refractivity contribution >= 4 is 11.9 Å². The number of aliphatic hydroxyl groups is 3. The fourth-order valence-electron chi connectivity index (χ4n) is 2.10. The smallest absolute Gasteiger partial charge is 0.544 e. The molecule has 5 atom stereocenters. The van der Waals surface area contributed by atoms with Gasteiger partial charge < -0.3 is 40.0 Å². The first-order valence-corrected chi connectivity index (χ1v) is 6.74. The van der Waals surface area contributed by atoms with Crippen LogP contribution in [-0.4, -0.2) is 70.6 Å². The van der Waals surface area contributed by atoms with E-state index >= 15 is 0 Å². The van der Waals surface area contributed by atoms with Gasteiger partial charge in [0.2, 0.25) is 11.7 Å². The van der Waals surface area contributed by atoms with E-state index < -0.39 is 48.6 Å². The summed E-state index contributed by atoms with van der Waals surface area (Å²) in [5.74, 6) is -4.39. The molecule has 0 spiro atoms. The first-order valence-electron chi connectivity index (χ1n) is 6.74. The van der Waals surface area contributed by atoms with Crippen LogP contribution in [-0.2, 0) is 19.1 Å². The average molecular weight is 357 g/mol. The molecule has 4 N–H and O–H groups in total. The Bertz CT molecular complexity index is 446. The van der Waals surface area contributed by atoms with Crippen molar-refractivity contribution in [2.24, 2.45) is 0 Å². The van der Waals surface area contributed by atoms with E-state index in [1.165, 1.54) is 19.9 Å². The minimum Gasteiger partial charge on any atom is -0.544 e. The summed E-state index contributed by atoms with van der Waals surface area (Å²) in [5, 5.41) is 42.2. The molecule has 0 radical (unpaired) electrons. The SMILES string of the molecule is CCO[C@@]1(C(=O)[O-])C=C[C@@H](NC(C)=O)[C@H]([C@H](O)[C@H](O)CO)O1.[K+]. The zero-order valence-corrected chi connectivity index (χ0v) is 16.4. The number of carbonyl (C=O) groups excluding carboxylic acids is 2. The number of nitrogens with one attached hydrogen (secondary N) is 1. The van der Waals surface area contributed by atoms with Crippen LogP contribution in [0.2, 0.25) is 0 Å². The van der Waals surface area contributed by atoms with Crippen LogP contribution in [0, 0.1) is 0 Å². The fraction of sp³-hybridized carbons (Fsp3) is 0.692. The fourth-order valence-corrected chi connectivity index (χ4v) is 2.10. The zero-order valence-electron chi connectivity index (χ0n) is 13.3. The van der Waals surface area contributed by atoms with Crippen molar-refractivity contribution in [1.82, 2.24) is 5.32 Å². The van der Waals surface area contributed by atoms with Crippen LogP contribution in [0.1, 0.15) is 13.8 Å². The quantitative estimate of drug-likeness (QED) is 0.260. The maximum absolute atomic E-state index is 11.3. The van der Waals surface area contributed by atoms with E-state index in [9.17, 15) is 24.9 Å². The molecule has 0 aromatic rings. The van der Waals surface area contributed by atoms with E-state index in [4.69, 9.17) is 14.6 Å². The van der Waals surface area contributed by atoms with Gasteiger partial charge in [-0.25, -0.2) is 0 Å². The topological polar surface area (TPSA) is 148 Å². The second kappa shape index (κ2) is 10.2. The molecule has 1 aliphatic heterocycles. The number of aliphatic carboxylic acids is 1. The molecule has 0 saturated heterocycles. The third kappa shape index (κ3) is 5.85. The molecule has 1 aliphatic rings. The molecule has 10 heteroatoms. The number of carboxylic acid groups (broad SMARTS) is 1. The summed E-state index contributed by atoms with van der Waals surface area (Å²) >= 11 is 0. The molecule has 9 nitrogen and oxygen atoms in total. The van der Waals surface area contributed by atoms with Crippen LogP contribution in [0.4, 0.5) is 0 Å². The Hall–Kier alpha value is 0.116. The van der Waals surface area contributed by atoms with Crippen molar-refractivity contribution in [3.8, 4) is 0 Å². The second-order valence-corrected chi connectivity index (χ2v) is 4.80. The molecule has 0 bridgehead atoms. The molecule has 0 saturated carbocycles. The van der Waals surface area contributed by atoms with Gasteiger partial charge in [-0.05, 0) is 13.0 Å². The summed E-state index contributed by atoms with van der Waals surface area (Å²) in [7, 11) is 0. The van der Waals surface area contributed by atoms with E-state index in [0.29, 0.717) is 0 Å². The molecule has 1 amide bonds. The van der Waals surface area contributed by atoms with Crippen molar-refractivity contribution in [2.45, 2.75) is 44.0 Å². The predicted octanol–water partition coefficient (Wildman–Crippen LogP) is -6.35. The van der Waals surface area contributed by atoms with Gasteiger partial charge in [-0.15, -0.1) is 0 Å². The predicted molar refractivity (Wildman–Crippen MR) is 70.1 cm³/mol. The molecule has 0 aliphatic carbocycles. The van der Waals surface area contributed by atoms with E-state index in [2.05, 4.69) is 5.32 Å². The summed E-state index contributed by atoms with van der Waals surface area (Å²) in [6.45, 7) is 1.97. The van der Waals surface area contributed by atoms with Crippen LogP contribution in [0.5, 0.6) is 0 Å². The zero-order chi connectivity index (χ0) is 16.9. The Labute approximate surface area is 176 Å². The Kier molecular flexibility index (Phi) is 10.2. The maximum Gasteiger partial charge on any atom is 1.00 e. The molecule has 126 valence electrons. The summed E-state index contributed by atoms with van der Waals surface area (Å²) in [6.07, 6.45) is -2.28. The Balaban J connectivity index is 0.00000484. The summed E-state index contributed by atoms with van der Waals surface area (Å²) < 4.78 is 10.3. The van der Waals surface area contributed by atoms with Gasteiger partial charge in [-0.1, -0.05) is 6.08 Å². The third-order valence-electron chi connectivity index (χ3n) is 3.12. The molecular formula is C13H20KNO8. The molecule has 0 fully saturated rings. The normalized spacial score (nSPS) is 29.3. The number of amides is 1. The van der Waals surface area contributed by atoms with Crippen LogP contribution in [0.25, 0.3) is 0 Å². The van der Waals surface area contributed by atoms with E-state index in [-0.39, 0.29) is 58.0 Å². The van der Waals surface area contributed by atoms with Crippen LogP contribution >= 0.6 is 0 Å². The molecule has 0 unspecified atom stereocenters. The van der Waals surface area contributed by atoms with Gasteiger partial charge in [0.05, 0.1) is 12.6 Å². The minimum atomic E-state index is -2.25. The Morgan fingerprint density at radius 2 is 2.09 bits per heavy atom. The number of rotatable bonds is 7. The molecule has 23 heavy (non-hydrogen) atoms. The number of hydrogen-bond acceptors (Lipinski definition) is 8. The number of carbonyl (C=O) groups is 2. The van der Waals surface area contributed by atoms with Crippen molar-refractivity contribution in [3.05, 3.63) is 12.2 Å². The van der Waals surface area contributed by atoms with Crippen LogP contribution in [0.15, 0.2) is 12.2 Å². The van der Waals surface area contributed by atoms with Crippen molar-refractivity contribution in [3.63, 3.8) is 0 Å². The van der Waals surface area contributed by atoms with E-state index in [1.807, 2.05) is 0 Å². The van der Waals surface area contributed by atoms with Crippen LogP contribution < -0.4 is 61.8 Å². The van der Waals surface area contributed by atoms with Gasteiger partial charge in [-0.3, -0.25) is 4.79 Å². The van der Waals surface area contributed by atoms with E-state index in [0.717, 1.165) is 6.08 Å². The average Bonchev–Trinajstić information content (AvgIpc) is 2.46. The number of aliphatic hydroxyl groups excluding tert-OH is 3. The second-order valence-electron chi connectivity index (χ2n) is 4.80. The largest absolute Gasteiger partial charge is 1.00 e. The minimum absolute atomic E-state index is 0. The first-order chi connectivity index (χ1) is 10.3. The number of carboxylic acids is 1. The number of hydrogen-bond donors (Lipinski definition) is 4. The monoisotopic (exact) mass is 357 g/mol. The summed E-state index contributed by atoms with van der Waals surface area (Å²) in [4.78, 5) is 22.5. The molecular weight excluding hydrogens is 337 g/mol. The summed E-state index contributed by atoms with van der Waals surface area (Å²) in [5.41, 5.74) is 0. The molecule has 1 heterocycles. The van der Waals surface area contributed by atoms with Gasteiger partial charge in [0.1, 0.15) is 24.3 Å². The van der Waals surface area contributed by atoms with Gasteiger partial charge in [0.25, 0.3) is 0 Å². The molecule has 1 rings (SSSR count). The third-order valence-corrected chi connectivity index (χ3v) is 3.12. The van der Waals surface area contributed by atoms with Gasteiger partial charge >= 0.3 is 51.4 Å². The Morgan fingerprint density at radius 3 is 2.52 bits per heavy atom. The maximum atomic E-state index is 11.3. The first kappa shape index (κ1) is 23.1.